The Hall–Kier alpha value is -2.61. The number of hydrogen-bond acceptors (Lipinski definition) is 6. The molecule has 0 aliphatic carbocycles. The SMILES string of the molecule is CCNC(=NCCc1nc(-c2ccc(Cl)cc2)no1)N1CCCC(C(=O)OCC)C1. The Labute approximate surface area is 181 Å². The number of hydrogen-bond donors (Lipinski definition) is 1. The number of aliphatic imine (C=N–C) groups is 1. The Morgan fingerprint density at radius 3 is 2.90 bits per heavy atom. The summed E-state index contributed by atoms with van der Waals surface area (Å²) >= 11 is 5.92. The van der Waals surface area contributed by atoms with Gasteiger partial charge < -0.3 is 19.5 Å². The smallest absolute Gasteiger partial charge is 0.310 e. The maximum Gasteiger partial charge on any atom is 0.310 e. The molecule has 9 heteroatoms. The van der Waals surface area contributed by atoms with Crippen molar-refractivity contribution in [2.45, 2.75) is 33.1 Å². The monoisotopic (exact) mass is 433 g/mol. The largest absolute Gasteiger partial charge is 0.466 e. The van der Waals surface area contributed by atoms with Gasteiger partial charge in [0.2, 0.25) is 11.7 Å². The predicted octanol–water partition coefficient (Wildman–Crippen LogP) is 3.17. The number of halogens is 1. The van der Waals surface area contributed by atoms with Crippen molar-refractivity contribution in [3.05, 3.63) is 35.2 Å². The number of nitrogens with one attached hydrogen (secondary N) is 1. The van der Waals surface area contributed by atoms with Gasteiger partial charge in [0.1, 0.15) is 0 Å². The third kappa shape index (κ3) is 5.95. The minimum absolute atomic E-state index is 0.111. The molecule has 1 aliphatic heterocycles. The Bertz CT molecular complexity index is 853. The maximum atomic E-state index is 12.1. The molecule has 1 unspecified atom stereocenters. The number of nitrogens with zero attached hydrogens (tertiary/aromatic N) is 4. The summed E-state index contributed by atoms with van der Waals surface area (Å²) < 4.78 is 10.5. The second-order valence-corrected chi connectivity index (χ2v) is 7.48. The highest BCUT2D eigenvalue weighted by atomic mass is 35.5. The zero-order chi connectivity index (χ0) is 21.3. The molecule has 0 amide bonds. The topological polar surface area (TPSA) is 92.9 Å². The van der Waals surface area contributed by atoms with Gasteiger partial charge in [-0.05, 0) is 51.0 Å². The summed E-state index contributed by atoms with van der Waals surface area (Å²) in [6.45, 7) is 7.01. The molecule has 0 spiro atoms. The normalized spacial score (nSPS) is 17.1. The van der Waals surface area contributed by atoms with Gasteiger partial charge in [0.25, 0.3) is 0 Å². The van der Waals surface area contributed by atoms with Crippen molar-refractivity contribution in [1.29, 1.82) is 0 Å². The fourth-order valence-electron chi connectivity index (χ4n) is 3.38. The van der Waals surface area contributed by atoms with Crippen LogP contribution >= 0.6 is 11.6 Å². The molecule has 2 heterocycles. The van der Waals surface area contributed by atoms with E-state index >= 15 is 0 Å². The average Bonchev–Trinajstić information content (AvgIpc) is 3.23. The second kappa shape index (κ2) is 11.0. The molecule has 3 rings (SSSR count). The van der Waals surface area contributed by atoms with Crippen LogP contribution in [0.2, 0.25) is 5.02 Å². The van der Waals surface area contributed by atoms with Crippen molar-refractivity contribution in [1.82, 2.24) is 20.4 Å². The summed E-state index contributed by atoms with van der Waals surface area (Å²) in [5.74, 6) is 1.62. The molecule has 1 fully saturated rings. The second-order valence-electron chi connectivity index (χ2n) is 7.04. The number of piperidine rings is 1. The molecule has 1 aliphatic rings. The van der Waals surface area contributed by atoms with E-state index in [4.69, 9.17) is 25.9 Å². The minimum atomic E-state index is -0.126. The number of benzene rings is 1. The third-order valence-corrected chi connectivity index (χ3v) is 5.09. The first-order valence-corrected chi connectivity index (χ1v) is 10.8. The van der Waals surface area contributed by atoms with Crippen LogP contribution in [0.1, 0.15) is 32.6 Å². The maximum absolute atomic E-state index is 12.1. The van der Waals surface area contributed by atoms with E-state index in [0.29, 0.717) is 42.9 Å². The minimum Gasteiger partial charge on any atom is -0.466 e. The van der Waals surface area contributed by atoms with Crippen LogP contribution in [0.3, 0.4) is 0 Å². The number of aromatic nitrogens is 2. The fourth-order valence-corrected chi connectivity index (χ4v) is 3.50. The van der Waals surface area contributed by atoms with Crippen molar-refractivity contribution in [3.8, 4) is 11.4 Å². The third-order valence-electron chi connectivity index (χ3n) is 4.83. The van der Waals surface area contributed by atoms with Crippen LogP contribution in [0, 0.1) is 5.92 Å². The van der Waals surface area contributed by atoms with E-state index in [1.807, 2.05) is 26.0 Å². The van der Waals surface area contributed by atoms with E-state index < -0.39 is 0 Å². The Balaban J connectivity index is 1.60. The lowest BCUT2D eigenvalue weighted by atomic mass is 9.98. The van der Waals surface area contributed by atoms with Gasteiger partial charge in [-0.1, -0.05) is 16.8 Å². The van der Waals surface area contributed by atoms with Gasteiger partial charge in [-0.3, -0.25) is 9.79 Å². The lowest BCUT2D eigenvalue weighted by Gasteiger charge is -2.34. The van der Waals surface area contributed by atoms with Crippen molar-refractivity contribution >= 4 is 23.5 Å². The Kier molecular flexibility index (Phi) is 8.07. The van der Waals surface area contributed by atoms with Crippen LogP contribution in [0.5, 0.6) is 0 Å². The van der Waals surface area contributed by atoms with Crippen molar-refractivity contribution < 1.29 is 14.1 Å². The number of guanidine groups is 1. The average molecular weight is 434 g/mol. The molecular weight excluding hydrogens is 406 g/mol. The molecule has 1 saturated heterocycles. The predicted molar refractivity (Wildman–Crippen MR) is 115 cm³/mol. The van der Waals surface area contributed by atoms with Crippen LogP contribution in [-0.2, 0) is 16.0 Å². The summed E-state index contributed by atoms with van der Waals surface area (Å²) in [6, 6.07) is 7.30. The van der Waals surface area contributed by atoms with Crippen molar-refractivity contribution in [3.63, 3.8) is 0 Å². The first kappa shape index (κ1) is 22.1. The Morgan fingerprint density at radius 2 is 2.17 bits per heavy atom. The zero-order valence-corrected chi connectivity index (χ0v) is 18.2. The van der Waals surface area contributed by atoms with Crippen molar-refractivity contribution in [2.75, 3.05) is 32.8 Å². The molecule has 30 heavy (non-hydrogen) atoms. The van der Waals surface area contributed by atoms with E-state index in [-0.39, 0.29) is 11.9 Å². The van der Waals surface area contributed by atoms with Gasteiger partial charge in [-0.25, -0.2) is 0 Å². The molecule has 0 bridgehead atoms. The van der Waals surface area contributed by atoms with Crippen LogP contribution in [0.4, 0.5) is 0 Å². The van der Waals surface area contributed by atoms with E-state index in [0.717, 1.165) is 37.5 Å². The van der Waals surface area contributed by atoms with E-state index in [9.17, 15) is 4.79 Å². The summed E-state index contributed by atoms with van der Waals surface area (Å²) in [6.07, 6.45) is 2.32. The van der Waals surface area contributed by atoms with Gasteiger partial charge in [0.05, 0.1) is 19.1 Å². The first-order chi connectivity index (χ1) is 14.6. The molecule has 1 aromatic carbocycles. The lowest BCUT2D eigenvalue weighted by Crippen LogP contribution is -2.48. The summed E-state index contributed by atoms with van der Waals surface area (Å²) in [4.78, 5) is 23.4. The van der Waals surface area contributed by atoms with E-state index in [2.05, 4.69) is 20.4 Å². The molecule has 162 valence electrons. The molecule has 0 radical (unpaired) electrons. The number of likely N-dealkylation sites (tertiary alicyclic amines) is 1. The van der Waals surface area contributed by atoms with Crippen LogP contribution in [0.15, 0.2) is 33.8 Å². The van der Waals surface area contributed by atoms with Crippen LogP contribution in [0.25, 0.3) is 11.4 Å². The highest BCUT2D eigenvalue weighted by Gasteiger charge is 2.28. The van der Waals surface area contributed by atoms with Crippen LogP contribution < -0.4 is 5.32 Å². The molecule has 1 aromatic heterocycles. The number of rotatable bonds is 7. The van der Waals surface area contributed by atoms with Gasteiger partial charge >= 0.3 is 5.97 Å². The first-order valence-electron chi connectivity index (χ1n) is 10.4. The van der Waals surface area contributed by atoms with Gasteiger partial charge in [0.15, 0.2) is 5.96 Å². The summed E-state index contributed by atoms with van der Waals surface area (Å²) in [7, 11) is 0. The van der Waals surface area contributed by atoms with E-state index in [1.165, 1.54) is 0 Å². The lowest BCUT2D eigenvalue weighted by molar-refractivity contribution is -0.149. The van der Waals surface area contributed by atoms with Gasteiger partial charge in [-0.2, -0.15) is 4.98 Å². The molecule has 8 nitrogen and oxygen atoms in total. The summed E-state index contributed by atoms with van der Waals surface area (Å²) in [5, 5.41) is 8.01. The highest BCUT2D eigenvalue weighted by molar-refractivity contribution is 6.30. The molecule has 1 atom stereocenters. The van der Waals surface area contributed by atoms with E-state index in [1.54, 1.807) is 12.1 Å². The van der Waals surface area contributed by atoms with Gasteiger partial charge in [0, 0.05) is 36.6 Å². The number of esters is 1. The standard InChI is InChI=1S/C21H28ClN5O3/c1-3-23-21(27-13-5-6-16(14-27)20(28)29-4-2)24-12-11-18-25-19(26-30-18)15-7-9-17(22)10-8-15/h7-10,16H,3-6,11-14H2,1-2H3,(H,23,24). The van der Waals surface area contributed by atoms with Gasteiger partial charge in [-0.15, -0.1) is 0 Å². The highest BCUT2D eigenvalue weighted by Crippen LogP contribution is 2.20. The molecule has 2 aromatic rings. The Morgan fingerprint density at radius 1 is 1.37 bits per heavy atom. The summed E-state index contributed by atoms with van der Waals surface area (Å²) in [5.41, 5.74) is 0.851. The quantitative estimate of drug-likeness (QED) is 0.407. The van der Waals surface area contributed by atoms with Crippen molar-refractivity contribution in [2.24, 2.45) is 10.9 Å². The number of carbonyl (C=O) groups excluding carboxylic acids is 1. The van der Waals surface area contributed by atoms with Crippen LogP contribution in [-0.4, -0.2) is 59.8 Å². The molecular formula is C21H28ClN5O3. The molecule has 1 N–H and O–H groups in total. The number of ether oxygens (including phenoxy) is 1. The zero-order valence-electron chi connectivity index (χ0n) is 17.4. The number of carbonyl (C=O) groups is 1. The molecule has 0 saturated carbocycles. The fraction of sp³-hybridized carbons (Fsp3) is 0.524.